The van der Waals surface area contributed by atoms with E-state index in [9.17, 15) is 13.6 Å². The molecule has 0 aliphatic heterocycles. The van der Waals surface area contributed by atoms with Crippen LogP contribution in [-0.2, 0) is 4.79 Å². The van der Waals surface area contributed by atoms with Gasteiger partial charge < -0.3 is 10.4 Å². The Balaban J connectivity index is 3.46. The van der Waals surface area contributed by atoms with Crippen LogP contribution in [0, 0.1) is 12.3 Å². The summed E-state index contributed by atoms with van der Waals surface area (Å²) in [5.74, 6) is -2.31. The molecular weight excluding hydrogens is 212 g/mol. The summed E-state index contributed by atoms with van der Waals surface area (Å²) in [4.78, 5) is 9.97. The first-order chi connectivity index (χ1) is 6.50. The maximum Gasteiger partial charge on any atom is 0.375 e. The minimum Gasteiger partial charge on any atom is -0.477 e. The smallest absolute Gasteiger partial charge is 0.375 e. The van der Waals surface area contributed by atoms with Gasteiger partial charge >= 0.3 is 11.9 Å². The van der Waals surface area contributed by atoms with E-state index in [4.69, 9.17) is 11.5 Å². The summed E-state index contributed by atoms with van der Waals surface area (Å²) >= 11 is 1.42. The van der Waals surface area contributed by atoms with Crippen molar-refractivity contribution >= 4 is 17.7 Å². The third-order valence-electron chi connectivity index (χ3n) is 1.27. The van der Waals surface area contributed by atoms with Crippen LogP contribution in [0.4, 0.5) is 8.78 Å². The molecule has 2 N–H and O–H groups in total. The highest BCUT2D eigenvalue weighted by atomic mass is 32.2. The number of nitrogens with one attached hydrogen (secondary N) is 1. The van der Waals surface area contributed by atoms with Gasteiger partial charge in [0.1, 0.15) is 0 Å². The van der Waals surface area contributed by atoms with Crippen molar-refractivity contribution in [2.75, 3.05) is 24.6 Å². The number of terminal acetylenes is 1. The lowest BCUT2D eigenvalue weighted by atomic mass is 10.3. The summed E-state index contributed by atoms with van der Waals surface area (Å²) in [5.41, 5.74) is 0. The topological polar surface area (TPSA) is 49.3 Å². The van der Waals surface area contributed by atoms with Gasteiger partial charge in [0.25, 0.3) is 0 Å². The second kappa shape index (κ2) is 6.62. The van der Waals surface area contributed by atoms with E-state index in [0.29, 0.717) is 18.1 Å². The van der Waals surface area contributed by atoms with Crippen molar-refractivity contribution in [3.8, 4) is 12.3 Å². The lowest BCUT2D eigenvalue weighted by Crippen LogP contribution is -2.40. The lowest BCUT2D eigenvalue weighted by Gasteiger charge is -2.11. The van der Waals surface area contributed by atoms with Crippen molar-refractivity contribution in [2.24, 2.45) is 0 Å². The minimum absolute atomic E-state index is 0.315. The zero-order valence-corrected chi connectivity index (χ0v) is 8.24. The second-order valence-electron chi connectivity index (χ2n) is 2.44. The fourth-order valence-corrected chi connectivity index (χ4v) is 1.15. The van der Waals surface area contributed by atoms with Gasteiger partial charge in [0.15, 0.2) is 0 Å². The van der Waals surface area contributed by atoms with Gasteiger partial charge in [-0.3, -0.25) is 0 Å². The Morgan fingerprint density at radius 2 is 2.29 bits per heavy atom. The Morgan fingerprint density at radius 3 is 2.79 bits per heavy atom. The molecule has 0 bridgehead atoms. The number of rotatable bonds is 7. The van der Waals surface area contributed by atoms with Gasteiger partial charge in [0.2, 0.25) is 0 Å². The highest BCUT2D eigenvalue weighted by molar-refractivity contribution is 7.99. The molecule has 0 unspecified atom stereocenters. The van der Waals surface area contributed by atoms with Crippen molar-refractivity contribution in [2.45, 2.75) is 5.92 Å². The molecule has 0 rings (SSSR count). The van der Waals surface area contributed by atoms with E-state index >= 15 is 0 Å². The molecule has 6 heteroatoms. The average molecular weight is 223 g/mol. The van der Waals surface area contributed by atoms with Gasteiger partial charge in [-0.05, 0) is 0 Å². The number of carboxylic acids is 1. The average Bonchev–Trinajstić information content (AvgIpc) is 2.10. The molecule has 3 nitrogen and oxygen atoms in total. The van der Waals surface area contributed by atoms with E-state index in [1.807, 2.05) is 0 Å². The van der Waals surface area contributed by atoms with E-state index in [1.54, 1.807) is 0 Å². The Morgan fingerprint density at radius 1 is 1.64 bits per heavy atom. The minimum atomic E-state index is -3.70. The van der Waals surface area contributed by atoms with Gasteiger partial charge in [-0.1, -0.05) is 5.92 Å². The van der Waals surface area contributed by atoms with E-state index in [1.165, 1.54) is 11.8 Å². The maximum atomic E-state index is 12.4. The Labute approximate surface area is 85.3 Å². The zero-order valence-electron chi connectivity index (χ0n) is 7.43. The third kappa shape index (κ3) is 5.78. The molecule has 0 aromatic rings. The number of hydrogen-bond acceptors (Lipinski definition) is 3. The van der Waals surface area contributed by atoms with E-state index in [-0.39, 0.29) is 0 Å². The summed E-state index contributed by atoms with van der Waals surface area (Å²) in [6.07, 6.45) is 4.96. The summed E-state index contributed by atoms with van der Waals surface area (Å²) in [6.45, 7) is -0.534. The van der Waals surface area contributed by atoms with Gasteiger partial charge in [0.05, 0.1) is 12.3 Å². The van der Waals surface area contributed by atoms with Gasteiger partial charge in [-0.15, -0.1) is 18.2 Å². The number of hydrogen-bond donors (Lipinski definition) is 2. The first-order valence-corrected chi connectivity index (χ1v) is 4.99. The van der Waals surface area contributed by atoms with Crippen LogP contribution in [0.5, 0.6) is 0 Å². The van der Waals surface area contributed by atoms with Gasteiger partial charge in [0, 0.05) is 12.3 Å². The van der Waals surface area contributed by atoms with Crippen LogP contribution in [-0.4, -0.2) is 41.6 Å². The van der Waals surface area contributed by atoms with Crippen LogP contribution in [0.3, 0.4) is 0 Å². The van der Waals surface area contributed by atoms with Crippen LogP contribution in [0.15, 0.2) is 0 Å². The summed E-state index contributed by atoms with van der Waals surface area (Å²) in [6, 6.07) is 0. The highest BCUT2D eigenvalue weighted by Gasteiger charge is 2.37. The molecule has 0 aliphatic carbocycles. The SMILES string of the molecule is C#CCSCCNCC(F)(F)C(=O)O. The largest absolute Gasteiger partial charge is 0.477 e. The number of halogens is 2. The first-order valence-electron chi connectivity index (χ1n) is 3.84. The molecule has 0 fully saturated rings. The number of carboxylic acid groups (broad SMARTS) is 1. The number of alkyl halides is 2. The molecule has 0 amide bonds. The Hall–Kier alpha value is -0.800. The highest BCUT2D eigenvalue weighted by Crippen LogP contribution is 2.11. The molecule has 0 heterocycles. The van der Waals surface area contributed by atoms with Crippen LogP contribution in [0.1, 0.15) is 0 Å². The van der Waals surface area contributed by atoms with Crippen LogP contribution < -0.4 is 5.32 Å². The predicted octanol–water partition coefficient (Wildman–Crippen LogP) is 0.662. The van der Waals surface area contributed by atoms with Crippen molar-refractivity contribution in [3.63, 3.8) is 0 Å². The quantitative estimate of drug-likeness (QED) is 0.492. The Bertz CT molecular complexity index is 228. The van der Waals surface area contributed by atoms with E-state index in [0.717, 1.165) is 0 Å². The standard InChI is InChI=1S/C8H11F2NO2S/c1-2-4-14-5-3-11-6-8(9,10)7(12)13/h1,11H,3-6H2,(H,12,13). The maximum absolute atomic E-state index is 12.4. The Kier molecular flexibility index (Phi) is 6.25. The monoisotopic (exact) mass is 223 g/mol. The number of aliphatic carboxylic acids is 1. The van der Waals surface area contributed by atoms with E-state index < -0.39 is 18.4 Å². The van der Waals surface area contributed by atoms with Crippen molar-refractivity contribution in [1.29, 1.82) is 0 Å². The molecule has 0 aromatic heterocycles. The van der Waals surface area contributed by atoms with Crippen LogP contribution in [0.25, 0.3) is 0 Å². The molecular formula is C8H11F2NO2S. The normalized spacial score (nSPS) is 10.9. The molecule has 0 aromatic carbocycles. The second-order valence-corrected chi connectivity index (χ2v) is 3.55. The van der Waals surface area contributed by atoms with Crippen LogP contribution >= 0.6 is 11.8 Å². The number of thioether (sulfide) groups is 1. The predicted molar refractivity (Wildman–Crippen MR) is 51.6 cm³/mol. The first kappa shape index (κ1) is 13.2. The van der Waals surface area contributed by atoms with E-state index in [2.05, 4.69) is 11.2 Å². The van der Waals surface area contributed by atoms with Crippen molar-refractivity contribution < 1.29 is 18.7 Å². The zero-order chi connectivity index (χ0) is 11.0. The fourth-order valence-electron chi connectivity index (χ4n) is 0.596. The molecule has 0 saturated heterocycles. The summed E-state index contributed by atoms with van der Waals surface area (Å²) in [7, 11) is 0. The van der Waals surface area contributed by atoms with Gasteiger partial charge in [-0.2, -0.15) is 8.78 Å². The molecule has 0 radical (unpaired) electrons. The van der Waals surface area contributed by atoms with Crippen molar-refractivity contribution in [3.05, 3.63) is 0 Å². The molecule has 0 aliphatic rings. The molecule has 0 saturated carbocycles. The van der Waals surface area contributed by atoms with Gasteiger partial charge in [-0.25, -0.2) is 4.79 Å². The van der Waals surface area contributed by atoms with Crippen LogP contribution in [0.2, 0.25) is 0 Å². The molecule has 80 valence electrons. The third-order valence-corrected chi connectivity index (χ3v) is 2.13. The summed E-state index contributed by atoms with van der Waals surface area (Å²) in [5, 5.41) is 10.4. The number of carbonyl (C=O) groups is 1. The fraction of sp³-hybridized carbons (Fsp3) is 0.625. The lowest BCUT2D eigenvalue weighted by molar-refractivity contribution is -0.163. The summed E-state index contributed by atoms with van der Waals surface area (Å²) < 4.78 is 24.8. The van der Waals surface area contributed by atoms with Crippen molar-refractivity contribution in [1.82, 2.24) is 5.32 Å². The molecule has 0 spiro atoms. The molecule has 0 atom stereocenters. The molecule has 14 heavy (non-hydrogen) atoms.